The summed E-state index contributed by atoms with van der Waals surface area (Å²) in [7, 11) is 0. The number of nitrogens with zero attached hydrogens (tertiary/aromatic N) is 2. The molecule has 172 valence electrons. The molecule has 0 radical (unpaired) electrons. The number of ether oxygens (including phenoxy) is 1. The van der Waals surface area contributed by atoms with Gasteiger partial charge in [-0.05, 0) is 50.8 Å². The molecule has 1 aromatic carbocycles. The average molecular weight is 503 g/mol. The molecule has 0 atom stereocenters. The Kier molecular flexibility index (Phi) is 7.41. The third kappa shape index (κ3) is 5.60. The first-order valence-electron chi connectivity index (χ1n) is 10.4. The van der Waals surface area contributed by atoms with Crippen LogP contribution in [0.15, 0.2) is 28.6 Å². The number of aryl methyl sites for hydroxylation is 2. The molecule has 2 N–H and O–H groups in total. The van der Waals surface area contributed by atoms with Crippen LogP contribution in [-0.2, 0) is 22.4 Å². The zero-order valence-electron chi connectivity index (χ0n) is 18.1. The van der Waals surface area contributed by atoms with Crippen LogP contribution < -0.4 is 10.6 Å². The molecule has 0 aliphatic heterocycles. The van der Waals surface area contributed by atoms with Crippen LogP contribution in [0, 0.1) is 6.92 Å². The van der Waals surface area contributed by atoms with Gasteiger partial charge in [0, 0.05) is 10.4 Å². The summed E-state index contributed by atoms with van der Waals surface area (Å²) in [5.74, 6) is -0.799. The van der Waals surface area contributed by atoms with Crippen molar-refractivity contribution in [2.75, 3.05) is 23.0 Å². The summed E-state index contributed by atoms with van der Waals surface area (Å²) in [4.78, 5) is 38.4. The number of amides is 2. The van der Waals surface area contributed by atoms with Gasteiger partial charge in [0.1, 0.15) is 5.00 Å². The number of carbonyl (C=O) groups is 3. The third-order valence-corrected chi connectivity index (χ3v) is 8.10. The van der Waals surface area contributed by atoms with E-state index >= 15 is 0 Å². The van der Waals surface area contributed by atoms with E-state index in [2.05, 4.69) is 20.8 Å². The quantitative estimate of drug-likeness (QED) is 0.264. The van der Waals surface area contributed by atoms with Crippen molar-refractivity contribution in [3.63, 3.8) is 0 Å². The Morgan fingerprint density at radius 1 is 1.09 bits per heavy atom. The Labute approximate surface area is 203 Å². The van der Waals surface area contributed by atoms with Crippen LogP contribution in [0.25, 0.3) is 0 Å². The van der Waals surface area contributed by atoms with Gasteiger partial charge in [0.15, 0.2) is 4.34 Å². The summed E-state index contributed by atoms with van der Waals surface area (Å²) < 4.78 is 5.75. The topological polar surface area (TPSA) is 110 Å². The van der Waals surface area contributed by atoms with Crippen molar-refractivity contribution in [3.05, 3.63) is 51.4 Å². The van der Waals surface area contributed by atoms with Crippen molar-refractivity contribution in [2.45, 2.75) is 37.4 Å². The lowest BCUT2D eigenvalue weighted by Gasteiger charge is -2.07. The highest BCUT2D eigenvalue weighted by Gasteiger charge is 2.28. The molecular weight excluding hydrogens is 480 g/mol. The number of thioether (sulfide) groups is 1. The zero-order chi connectivity index (χ0) is 23.4. The first-order valence-corrected chi connectivity index (χ1v) is 13.0. The van der Waals surface area contributed by atoms with Gasteiger partial charge >= 0.3 is 5.97 Å². The first-order chi connectivity index (χ1) is 15.9. The number of hydrogen-bond acceptors (Lipinski definition) is 9. The number of rotatable bonds is 8. The first kappa shape index (κ1) is 23.4. The standard InChI is InChI=1S/C22H22N4O4S3/c1-3-30-20(29)17-14-5-4-6-15(14)32-19(17)23-16(27)11-31-22-26-25-21(33-22)24-18(28)13-9-7-12(2)8-10-13/h7-10H,3-6,11H2,1-2H3,(H,23,27)(H,24,25,28). The Hall–Kier alpha value is -2.76. The monoisotopic (exact) mass is 502 g/mol. The second-order valence-electron chi connectivity index (χ2n) is 7.31. The molecule has 0 saturated heterocycles. The summed E-state index contributed by atoms with van der Waals surface area (Å²) in [5.41, 5.74) is 3.09. The van der Waals surface area contributed by atoms with Gasteiger partial charge in [0.05, 0.1) is 17.9 Å². The van der Waals surface area contributed by atoms with Crippen LogP contribution in [0.3, 0.4) is 0 Å². The molecule has 33 heavy (non-hydrogen) atoms. The van der Waals surface area contributed by atoms with E-state index in [4.69, 9.17) is 4.74 Å². The van der Waals surface area contributed by atoms with E-state index < -0.39 is 5.97 Å². The summed E-state index contributed by atoms with van der Waals surface area (Å²) >= 11 is 3.86. The van der Waals surface area contributed by atoms with Crippen molar-refractivity contribution in [3.8, 4) is 0 Å². The highest BCUT2D eigenvalue weighted by Crippen LogP contribution is 2.39. The number of thiophene rings is 1. The number of nitrogens with one attached hydrogen (secondary N) is 2. The largest absolute Gasteiger partial charge is 0.462 e. The van der Waals surface area contributed by atoms with E-state index in [1.165, 1.54) is 34.4 Å². The van der Waals surface area contributed by atoms with Crippen molar-refractivity contribution < 1.29 is 19.1 Å². The van der Waals surface area contributed by atoms with Crippen LogP contribution in [0.4, 0.5) is 10.1 Å². The van der Waals surface area contributed by atoms with E-state index in [1.54, 1.807) is 19.1 Å². The van der Waals surface area contributed by atoms with Crippen molar-refractivity contribution in [1.29, 1.82) is 0 Å². The fourth-order valence-electron chi connectivity index (χ4n) is 3.39. The van der Waals surface area contributed by atoms with Gasteiger partial charge in [-0.2, -0.15) is 0 Å². The highest BCUT2D eigenvalue weighted by molar-refractivity contribution is 8.01. The number of esters is 1. The molecule has 11 heteroatoms. The van der Waals surface area contributed by atoms with Gasteiger partial charge < -0.3 is 10.1 Å². The minimum atomic E-state index is -0.391. The number of carbonyl (C=O) groups excluding carboxylic acids is 3. The zero-order valence-corrected chi connectivity index (χ0v) is 20.5. The predicted molar refractivity (Wildman–Crippen MR) is 131 cm³/mol. The van der Waals surface area contributed by atoms with Crippen LogP contribution in [-0.4, -0.2) is 40.3 Å². The SMILES string of the molecule is CCOC(=O)c1c(NC(=O)CSc2nnc(NC(=O)c3ccc(C)cc3)s2)sc2c1CCC2. The van der Waals surface area contributed by atoms with Crippen LogP contribution in [0.2, 0.25) is 0 Å². The fraction of sp³-hybridized carbons (Fsp3) is 0.318. The number of anilines is 2. The second kappa shape index (κ2) is 10.4. The third-order valence-electron chi connectivity index (χ3n) is 4.92. The van der Waals surface area contributed by atoms with E-state index in [0.29, 0.717) is 25.6 Å². The molecule has 2 aromatic heterocycles. The van der Waals surface area contributed by atoms with E-state index in [-0.39, 0.29) is 24.2 Å². The fourth-order valence-corrected chi connectivity index (χ4v) is 6.23. The lowest BCUT2D eigenvalue weighted by molar-refractivity contribution is -0.113. The molecule has 2 heterocycles. The normalized spacial score (nSPS) is 12.3. The van der Waals surface area contributed by atoms with Gasteiger partial charge in [-0.1, -0.05) is 40.8 Å². The van der Waals surface area contributed by atoms with E-state index in [9.17, 15) is 14.4 Å². The molecule has 0 spiro atoms. The Balaban J connectivity index is 1.34. The molecule has 0 saturated carbocycles. The number of benzene rings is 1. The number of hydrogen-bond donors (Lipinski definition) is 2. The summed E-state index contributed by atoms with van der Waals surface area (Å²) in [6, 6.07) is 7.22. The molecule has 1 aliphatic carbocycles. The lowest BCUT2D eigenvalue weighted by atomic mass is 10.1. The van der Waals surface area contributed by atoms with Crippen molar-refractivity contribution in [1.82, 2.24) is 10.2 Å². The maximum absolute atomic E-state index is 12.6. The molecule has 3 aromatic rings. The summed E-state index contributed by atoms with van der Waals surface area (Å²) in [6.07, 6.45) is 2.75. The highest BCUT2D eigenvalue weighted by atomic mass is 32.2. The van der Waals surface area contributed by atoms with Gasteiger partial charge in [-0.3, -0.25) is 14.9 Å². The maximum Gasteiger partial charge on any atom is 0.341 e. The van der Waals surface area contributed by atoms with E-state index in [1.807, 2.05) is 19.1 Å². The second-order valence-corrected chi connectivity index (χ2v) is 10.6. The summed E-state index contributed by atoms with van der Waals surface area (Å²) in [6.45, 7) is 4.00. The maximum atomic E-state index is 12.6. The molecule has 0 fully saturated rings. The average Bonchev–Trinajstić information content (AvgIpc) is 3.49. The van der Waals surface area contributed by atoms with Gasteiger partial charge in [-0.25, -0.2) is 4.79 Å². The van der Waals surface area contributed by atoms with Crippen LogP contribution in [0.5, 0.6) is 0 Å². The Morgan fingerprint density at radius 3 is 2.64 bits per heavy atom. The molecule has 1 aliphatic rings. The number of aromatic nitrogens is 2. The molecule has 0 bridgehead atoms. The van der Waals surface area contributed by atoms with Crippen LogP contribution >= 0.6 is 34.4 Å². The minimum absolute atomic E-state index is 0.103. The predicted octanol–water partition coefficient (Wildman–Crippen LogP) is 4.56. The van der Waals surface area contributed by atoms with Crippen LogP contribution in [0.1, 0.15) is 50.1 Å². The van der Waals surface area contributed by atoms with Gasteiger partial charge in [0.25, 0.3) is 5.91 Å². The molecular formula is C22H22N4O4S3. The van der Waals surface area contributed by atoms with Crippen molar-refractivity contribution >= 4 is 62.4 Å². The number of fused-ring (bicyclic) bond motifs is 1. The van der Waals surface area contributed by atoms with Gasteiger partial charge in [-0.15, -0.1) is 21.5 Å². The Bertz CT molecular complexity index is 1190. The summed E-state index contributed by atoms with van der Waals surface area (Å²) in [5, 5.41) is 14.5. The molecule has 0 unspecified atom stereocenters. The van der Waals surface area contributed by atoms with Crippen molar-refractivity contribution in [2.24, 2.45) is 0 Å². The Morgan fingerprint density at radius 2 is 1.88 bits per heavy atom. The molecule has 2 amide bonds. The molecule has 8 nitrogen and oxygen atoms in total. The minimum Gasteiger partial charge on any atom is -0.462 e. The molecule has 4 rings (SSSR count). The van der Waals surface area contributed by atoms with E-state index in [0.717, 1.165) is 35.3 Å². The van der Waals surface area contributed by atoms with Gasteiger partial charge in [0.2, 0.25) is 11.0 Å². The smallest absolute Gasteiger partial charge is 0.341 e. The lowest BCUT2D eigenvalue weighted by Crippen LogP contribution is -2.16.